The molecule has 3 rings (SSSR count). The van der Waals surface area contributed by atoms with Crippen LogP contribution in [0.5, 0.6) is 0 Å². The lowest BCUT2D eigenvalue weighted by atomic mass is 9.90. The first-order valence-corrected chi connectivity index (χ1v) is 6.59. The Morgan fingerprint density at radius 3 is 2.83 bits per heavy atom. The minimum Gasteiger partial charge on any atom is -0.423 e. The number of oxazole rings is 1. The maximum absolute atomic E-state index is 6.20. The van der Waals surface area contributed by atoms with Gasteiger partial charge in [-0.25, -0.2) is 0 Å². The largest absolute Gasteiger partial charge is 0.423 e. The number of hydrogen-bond acceptors (Lipinski definition) is 4. The van der Waals surface area contributed by atoms with Crippen LogP contribution in [0.1, 0.15) is 25.7 Å². The Balaban J connectivity index is 1.88. The standard InChI is InChI=1S/C14H19N3O/c1-17(12-8-4-2-6-10(12)15)14-16-11-7-3-5-9-13(11)18-14/h3,5,7,9-10,12H,2,4,6,8,15H2,1H3. The first kappa shape index (κ1) is 11.5. The van der Waals surface area contributed by atoms with Crippen LogP contribution >= 0.6 is 0 Å². The highest BCUT2D eigenvalue weighted by atomic mass is 16.4. The molecule has 0 radical (unpaired) electrons. The molecule has 1 aromatic heterocycles. The monoisotopic (exact) mass is 245 g/mol. The molecule has 2 atom stereocenters. The Labute approximate surface area is 107 Å². The molecule has 2 N–H and O–H groups in total. The molecule has 18 heavy (non-hydrogen) atoms. The van der Waals surface area contributed by atoms with Gasteiger partial charge in [0.05, 0.1) is 0 Å². The molecule has 1 fully saturated rings. The van der Waals surface area contributed by atoms with E-state index in [1.807, 2.05) is 31.3 Å². The molecule has 1 aromatic carbocycles. The Morgan fingerprint density at radius 2 is 2.06 bits per heavy atom. The van der Waals surface area contributed by atoms with Crippen LogP contribution in [-0.2, 0) is 0 Å². The van der Waals surface area contributed by atoms with Crippen LogP contribution < -0.4 is 10.6 Å². The molecule has 1 aliphatic rings. The van der Waals surface area contributed by atoms with E-state index >= 15 is 0 Å². The van der Waals surface area contributed by atoms with Gasteiger partial charge in [-0.05, 0) is 25.0 Å². The fourth-order valence-corrected chi connectivity index (χ4v) is 2.77. The number of para-hydroxylation sites is 2. The van der Waals surface area contributed by atoms with Gasteiger partial charge in [-0.15, -0.1) is 0 Å². The Morgan fingerprint density at radius 1 is 1.28 bits per heavy atom. The SMILES string of the molecule is CN(c1nc2ccccc2o1)C1CCCCC1N. The van der Waals surface area contributed by atoms with Gasteiger partial charge in [0.2, 0.25) is 0 Å². The summed E-state index contributed by atoms with van der Waals surface area (Å²) in [5, 5.41) is 0. The molecule has 0 spiro atoms. The minimum absolute atomic E-state index is 0.221. The van der Waals surface area contributed by atoms with E-state index in [0.29, 0.717) is 12.1 Å². The van der Waals surface area contributed by atoms with Gasteiger partial charge in [-0.1, -0.05) is 25.0 Å². The number of hydrogen-bond donors (Lipinski definition) is 1. The molecule has 2 unspecified atom stereocenters. The molecule has 0 amide bonds. The van der Waals surface area contributed by atoms with Crippen molar-refractivity contribution in [1.29, 1.82) is 0 Å². The highest BCUT2D eigenvalue weighted by Crippen LogP contribution is 2.27. The van der Waals surface area contributed by atoms with Gasteiger partial charge in [0.25, 0.3) is 6.01 Å². The zero-order chi connectivity index (χ0) is 12.5. The topological polar surface area (TPSA) is 55.3 Å². The number of anilines is 1. The molecule has 1 saturated carbocycles. The molecule has 4 nitrogen and oxygen atoms in total. The average molecular weight is 245 g/mol. The van der Waals surface area contributed by atoms with E-state index in [-0.39, 0.29) is 6.04 Å². The number of likely N-dealkylation sites (N-methyl/N-ethyl adjacent to an activating group) is 1. The summed E-state index contributed by atoms with van der Waals surface area (Å²) in [4.78, 5) is 6.63. The number of nitrogens with zero attached hydrogens (tertiary/aromatic N) is 2. The van der Waals surface area contributed by atoms with Crippen LogP contribution in [0.3, 0.4) is 0 Å². The highest BCUT2D eigenvalue weighted by Gasteiger charge is 2.27. The van der Waals surface area contributed by atoms with Gasteiger partial charge >= 0.3 is 0 Å². The molecule has 2 aromatic rings. The van der Waals surface area contributed by atoms with Crippen LogP contribution in [0.25, 0.3) is 11.1 Å². The van der Waals surface area contributed by atoms with Crippen molar-refractivity contribution < 1.29 is 4.42 Å². The first-order valence-electron chi connectivity index (χ1n) is 6.59. The van der Waals surface area contributed by atoms with Crippen molar-refractivity contribution >= 4 is 17.1 Å². The van der Waals surface area contributed by atoms with E-state index in [9.17, 15) is 0 Å². The van der Waals surface area contributed by atoms with Crippen molar-refractivity contribution in [3.63, 3.8) is 0 Å². The zero-order valence-electron chi connectivity index (χ0n) is 10.7. The summed E-state index contributed by atoms with van der Waals surface area (Å²) in [6.45, 7) is 0. The molecular formula is C14H19N3O. The van der Waals surface area contributed by atoms with E-state index in [1.54, 1.807) is 0 Å². The molecule has 1 heterocycles. The van der Waals surface area contributed by atoms with Gasteiger partial charge in [0.15, 0.2) is 5.58 Å². The fourth-order valence-electron chi connectivity index (χ4n) is 2.77. The average Bonchev–Trinajstić information content (AvgIpc) is 2.82. The second-order valence-electron chi connectivity index (χ2n) is 5.09. The van der Waals surface area contributed by atoms with Gasteiger partial charge in [-0.2, -0.15) is 4.98 Å². The molecule has 1 aliphatic carbocycles. The van der Waals surface area contributed by atoms with Crippen LogP contribution in [-0.4, -0.2) is 24.1 Å². The van der Waals surface area contributed by atoms with Crippen molar-refractivity contribution in [2.24, 2.45) is 5.73 Å². The first-order chi connectivity index (χ1) is 8.75. The summed E-state index contributed by atoms with van der Waals surface area (Å²) in [7, 11) is 2.03. The van der Waals surface area contributed by atoms with Crippen LogP contribution in [0, 0.1) is 0 Å². The molecular weight excluding hydrogens is 226 g/mol. The third-order valence-corrected chi connectivity index (χ3v) is 3.86. The number of rotatable bonds is 2. The van der Waals surface area contributed by atoms with Crippen LogP contribution in [0.2, 0.25) is 0 Å². The zero-order valence-corrected chi connectivity index (χ0v) is 10.7. The maximum Gasteiger partial charge on any atom is 0.298 e. The normalized spacial score (nSPS) is 24.3. The van der Waals surface area contributed by atoms with Crippen molar-refractivity contribution in [2.45, 2.75) is 37.8 Å². The van der Waals surface area contributed by atoms with Crippen LogP contribution in [0.4, 0.5) is 6.01 Å². The summed E-state index contributed by atoms with van der Waals surface area (Å²) in [6, 6.07) is 9.09. The summed E-state index contributed by atoms with van der Waals surface area (Å²) in [5.41, 5.74) is 7.94. The number of nitrogens with two attached hydrogens (primary N) is 1. The Bertz CT molecular complexity index is 504. The van der Waals surface area contributed by atoms with E-state index in [0.717, 1.165) is 23.9 Å². The predicted octanol–water partition coefficient (Wildman–Crippen LogP) is 2.53. The van der Waals surface area contributed by atoms with E-state index in [1.165, 1.54) is 12.8 Å². The van der Waals surface area contributed by atoms with E-state index in [2.05, 4.69) is 9.88 Å². The Kier molecular flexibility index (Phi) is 2.96. The number of fused-ring (bicyclic) bond motifs is 1. The van der Waals surface area contributed by atoms with Crippen molar-refractivity contribution in [3.8, 4) is 0 Å². The van der Waals surface area contributed by atoms with E-state index in [4.69, 9.17) is 10.2 Å². The van der Waals surface area contributed by atoms with Gasteiger partial charge in [-0.3, -0.25) is 0 Å². The summed E-state index contributed by atoms with van der Waals surface area (Å²) in [5.74, 6) is 0. The fraction of sp³-hybridized carbons (Fsp3) is 0.500. The van der Waals surface area contributed by atoms with Crippen molar-refractivity contribution in [3.05, 3.63) is 24.3 Å². The quantitative estimate of drug-likeness (QED) is 0.883. The van der Waals surface area contributed by atoms with Crippen molar-refractivity contribution in [2.75, 3.05) is 11.9 Å². The molecule has 0 aliphatic heterocycles. The van der Waals surface area contributed by atoms with Crippen LogP contribution in [0.15, 0.2) is 28.7 Å². The molecule has 0 bridgehead atoms. The predicted molar refractivity (Wildman–Crippen MR) is 72.6 cm³/mol. The van der Waals surface area contributed by atoms with Gasteiger partial charge in [0.1, 0.15) is 5.52 Å². The third-order valence-electron chi connectivity index (χ3n) is 3.86. The second kappa shape index (κ2) is 4.61. The molecule has 96 valence electrons. The lowest BCUT2D eigenvalue weighted by Crippen LogP contribution is -2.48. The smallest absolute Gasteiger partial charge is 0.298 e. The third kappa shape index (κ3) is 1.97. The molecule has 4 heteroatoms. The van der Waals surface area contributed by atoms with E-state index < -0.39 is 0 Å². The van der Waals surface area contributed by atoms with Gasteiger partial charge < -0.3 is 15.1 Å². The van der Waals surface area contributed by atoms with Gasteiger partial charge in [0, 0.05) is 19.1 Å². The minimum atomic E-state index is 0.221. The lowest BCUT2D eigenvalue weighted by Gasteiger charge is -2.34. The molecule has 0 saturated heterocycles. The maximum atomic E-state index is 6.20. The lowest BCUT2D eigenvalue weighted by molar-refractivity contribution is 0.361. The second-order valence-corrected chi connectivity index (χ2v) is 5.09. The summed E-state index contributed by atoms with van der Waals surface area (Å²) >= 11 is 0. The number of benzene rings is 1. The highest BCUT2D eigenvalue weighted by molar-refractivity contribution is 5.74. The summed E-state index contributed by atoms with van der Waals surface area (Å²) < 4.78 is 5.79. The number of aromatic nitrogens is 1. The Hall–Kier alpha value is -1.55. The summed E-state index contributed by atoms with van der Waals surface area (Å²) in [6.07, 6.45) is 4.69. The van der Waals surface area contributed by atoms with Crippen molar-refractivity contribution in [1.82, 2.24) is 4.98 Å².